The average Bonchev–Trinajstić information content (AvgIpc) is 3.16. The highest BCUT2D eigenvalue weighted by atomic mass is 16.4. The fourth-order valence-electron chi connectivity index (χ4n) is 3.31. The molecule has 27 heavy (non-hydrogen) atoms. The van der Waals surface area contributed by atoms with Gasteiger partial charge in [-0.25, -0.2) is 4.79 Å². The maximum Gasteiger partial charge on any atom is 0.326 e. The molecule has 4 atom stereocenters. The van der Waals surface area contributed by atoms with Crippen molar-refractivity contribution in [1.29, 1.82) is 0 Å². The number of aliphatic carboxylic acids is 1. The van der Waals surface area contributed by atoms with E-state index in [-0.39, 0.29) is 18.2 Å². The Morgan fingerprint density at radius 3 is 2.56 bits per heavy atom. The summed E-state index contributed by atoms with van der Waals surface area (Å²) >= 11 is 0. The second-order valence-electron chi connectivity index (χ2n) is 7.19. The highest BCUT2D eigenvalue weighted by Crippen LogP contribution is 2.21. The summed E-state index contributed by atoms with van der Waals surface area (Å²) in [5, 5.41) is 12.1. The van der Waals surface area contributed by atoms with E-state index in [1.54, 1.807) is 0 Å². The maximum atomic E-state index is 12.7. The highest BCUT2D eigenvalue weighted by molar-refractivity contribution is 5.92. The first kappa shape index (κ1) is 20.9. The van der Waals surface area contributed by atoms with Gasteiger partial charge in [0.1, 0.15) is 12.1 Å². The van der Waals surface area contributed by atoms with Crippen LogP contribution in [-0.4, -0.2) is 52.5 Å². The van der Waals surface area contributed by atoms with Crippen molar-refractivity contribution in [2.24, 2.45) is 11.7 Å². The summed E-state index contributed by atoms with van der Waals surface area (Å²) in [5.41, 5.74) is 6.87. The molecule has 1 aromatic rings. The molecule has 0 aromatic heterocycles. The van der Waals surface area contributed by atoms with Gasteiger partial charge in [-0.3, -0.25) is 9.59 Å². The normalized spacial score (nSPS) is 20.0. The number of carbonyl (C=O) groups is 3. The van der Waals surface area contributed by atoms with Crippen LogP contribution in [-0.2, 0) is 20.8 Å². The molecule has 2 rings (SSSR count). The van der Waals surface area contributed by atoms with Crippen molar-refractivity contribution in [1.82, 2.24) is 10.2 Å². The van der Waals surface area contributed by atoms with E-state index in [0.717, 1.165) is 12.0 Å². The van der Waals surface area contributed by atoms with Gasteiger partial charge in [0.25, 0.3) is 0 Å². The zero-order chi connectivity index (χ0) is 20.0. The SMILES string of the molecule is CC[C@H](C)[C@H](N)C(=O)N1CCC[C@H]1C(=O)N[C@@H](Cc1ccccc1)C(=O)O. The first-order valence-electron chi connectivity index (χ1n) is 9.48. The summed E-state index contributed by atoms with van der Waals surface area (Å²) < 4.78 is 0. The summed E-state index contributed by atoms with van der Waals surface area (Å²) in [4.78, 5) is 38.5. The number of nitrogens with zero attached hydrogens (tertiary/aromatic N) is 1. The smallest absolute Gasteiger partial charge is 0.326 e. The molecule has 0 saturated carbocycles. The molecule has 1 aliphatic rings. The van der Waals surface area contributed by atoms with Crippen molar-refractivity contribution in [2.75, 3.05) is 6.54 Å². The van der Waals surface area contributed by atoms with Gasteiger partial charge in [-0.05, 0) is 24.3 Å². The third-order valence-electron chi connectivity index (χ3n) is 5.28. The molecule has 7 nitrogen and oxygen atoms in total. The lowest BCUT2D eigenvalue weighted by Gasteiger charge is -2.29. The van der Waals surface area contributed by atoms with E-state index in [1.807, 2.05) is 44.2 Å². The third kappa shape index (κ3) is 5.29. The Labute approximate surface area is 159 Å². The van der Waals surface area contributed by atoms with Crippen molar-refractivity contribution in [2.45, 2.75) is 57.7 Å². The van der Waals surface area contributed by atoms with Gasteiger partial charge in [-0.15, -0.1) is 0 Å². The number of nitrogens with two attached hydrogens (primary N) is 1. The number of nitrogens with one attached hydrogen (secondary N) is 1. The topological polar surface area (TPSA) is 113 Å². The second kappa shape index (κ2) is 9.50. The summed E-state index contributed by atoms with van der Waals surface area (Å²) in [6, 6.07) is 6.78. The monoisotopic (exact) mass is 375 g/mol. The summed E-state index contributed by atoms with van der Waals surface area (Å²) in [5.74, 6) is -1.75. The predicted octanol–water partition coefficient (Wildman–Crippen LogP) is 1.16. The van der Waals surface area contributed by atoms with E-state index < -0.39 is 30.0 Å². The molecular weight excluding hydrogens is 346 g/mol. The van der Waals surface area contributed by atoms with Gasteiger partial charge in [0, 0.05) is 13.0 Å². The van der Waals surface area contributed by atoms with Crippen LogP contribution in [0.1, 0.15) is 38.7 Å². The lowest BCUT2D eigenvalue weighted by Crippen LogP contribution is -2.55. The summed E-state index contributed by atoms with van der Waals surface area (Å²) in [6.07, 6.45) is 2.18. The molecule has 1 fully saturated rings. The lowest BCUT2D eigenvalue weighted by molar-refractivity contribution is -0.144. The first-order valence-corrected chi connectivity index (χ1v) is 9.48. The fraction of sp³-hybridized carbons (Fsp3) is 0.550. The first-order chi connectivity index (χ1) is 12.8. The van der Waals surface area contributed by atoms with Crippen LogP contribution in [0.25, 0.3) is 0 Å². The molecular formula is C20H29N3O4. The molecule has 2 amide bonds. The molecule has 7 heteroatoms. The third-order valence-corrected chi connectivity index (χ3v) is 5.28. The van der Waals surface area contributed by atoms with Crippen LogP contribution >= 0.6 is 0 Å². The number of hydrogen-bond acceptors (Lipinski definition) is 4. The molecule has 0 spiro atoms. The van der Waals surface area contributed by atoms with Gasteiger partial charge in [-0.1, -0.05) is 50.6 Å². The van der Waals surface area contributed by atoms with E-state index in [0.29, 0.717) is 19.4 Å². The zero-order valence-electron chi connectivity index (χ0n) is 15.9. The standard InChI is InChI=1S/C20H29N3O4/c1-3-13(2)17(21)19(25)23-11-7-10-16(23)18(24)22-15(20(26)27)12-14-8-5-4-6-9-14/h4-6,8-9,13,15-17H,3,7,10-12,21H2,1-2H3,(H,22,24)(H,26,27)/t13-,15-,16-,17-/m0/s1. The molecule has 148 valence electrons. The second-order valence-corrected chi connectivity index (χ2v) is 7.19. The number of carbonyl (C=O) groups excluding carboxylic acids is 2. The quantitative estimate of drug-likeness (QED) is 0.631. The Bertz CT molecular complexity index is 664. The van der Waals surface area contributed by atoms with Gasteiger partial charge < -0.3 is 21.1 Å². The number of hydrogen-bond donors (Lipinski definition) is 3. The van der Waals surface area contributed by atoms with Gasteiger partial charge in [0.15, 0.2) is 0 Å². The molecule has 0 aliphatic carbocycles. The number of carboxylic acids is 1. The van der Waals surface area contributed by atoms with Crippen molar-refractivity contribution < 1.29 is 19.5 Å². The van der Waals surface area contributed by atoms with Crippen LogP contribution < -0.4 is 11.1 Å². The number of amides is 2. The molecule has 1 heterocycles. The number of rotatable bonds is 8. The minimum atomic E-state index is -1.10. The maximum absolute atomic E-state index is 12.7. The molecule has 0 bridgehead atoms. The van der Waals surface area contributed by atoms with E-state index in [4.69, 9.17) is 5.73 Å². The Kier molecular flexibility index (Phi) is 7.36. The molecule has 4 N–H and O–H groups in total. The van der Waals surface area contributed by atoms with Gasteiger partial charge in [0.05, 0.1) is 6.04 Å². The number of likely N-dealkylation sites (tertiary alicyclic amines) is 1. The van der Waals surface area contributed by atoms with Crippen LogP contribution in [0.2, 0.25) is 0 Å². The highest BCUT2D eigenvalue weighted by Gasteiger charge is 2.38. The summed E-state index contributed by atoms with van der Waals surface area (Å²) in [7, 11) is 0. The Morgan fingerprint density at radius 1 is 1.30 bits per heavy atom. The van der Waals surface area contributed by atoms with Gasteiger partial charge >= 0.3 is 5.97 Å². The van der Waals surface area contributed by atoms with Crippen LogP contribution in [0.5, 0.6) is 0 Å². The molecule has 1 aromatic carbocycles. The van der Waals surface area contributed by atoms with Gasteiger partial charge in [0.2, 0.25) is 11.8 Å². The van der Waals surface area contributed by atoms with Crippen LogP contribution in [0, 0.1) is 5.92 Å². The molecule has 0 unspecified atom stereocenters. The van der Waals surface area contributed by atoms with Crippen molar-refractivity contribution >= 4 is 17.8 Å². The van der Waals surface area contributed by atoms with E-state index in [9.17, 15) is 19.5 Å². The van der Waals surface area contributed by atoms with Crippen LogP contribution in [0.15, 0.2) is 30.3 Å². The largest absolute Gasteiger partial charge is 0.480 e. The van der Waals surface area contributed by atoms with Gasteiger partial charge in [-0.2, -0.15) is 0 Å². The number of carboxylic acid groups (broad SMARTS) is 1. The minimum Gasteiger partial charge on any atom is -0.480 e. The summed E-state index contributed by atoms with van der Waals surface area (Å²) in [6.45, 7) is 4.35. The molecule has 1 saturated heterocycles. The Morgan fingerprint density at radius 2 is 1.96 bits per heavy atom. The van der Waals surface area contributed by atoms with Crippen LogP contribution in [0.4, 0.5) is 0 Å². The van der Waals surface area contributed by atoms with Crippen molar-refractivity contribution in [3.63, 3.8) is 0 Å². The van der Waals surface area contributed by atoms with Crippen LogP contribution in [0.3, 0.4) is 0 Å². The molecule has 1 aliphatic heterocycles. The zero-order valence-corrected chi connectivity index (χ0v) is 15.9. The van der Waals surface area contributed by atoms with E-state index in [2.05, 4.69) is 5.32 Å². The number of benzene rings is 1. The average molecular weight is 375 g/mol. The van der Waals surface area contributed by atoms with E-state index in [1.165, 1.54) is 4.90 Å². The minimum absolute atomic E-state index is 0.0201. The van der Waals surface area contributed by atoms with Crippen molar-refractivity contribution in [3.8, 4) is 0 Å². The Hall–Kier alpha value is -2.41. The predicted molar refractivity (Wildman–Crippen MR) is 102 cm³/mol. The van der Waals surface area contributed by atoms with E-state index >= 15 is 0 Å². The van der Waals surface area contributed by atoms with Crippen molar-refractivity contribution in [3.05, 3.63) is 35.9 Å². The lowest BCUT2D eigenvalue weighted by atomic mass is 9.98. The Balaban J connectivity index is 2.05. The fourth-order valence-corrected chi connectivity index (χ4v) is 3.31. The molecule has 0 radical (unpaired) electrons.